The molecule has 1 rings (SSSR count). The standard InChI is InChI=1S/C10H13NO3/c1-11-6-7-3-8(10(12)13)5-9(4-7)14-2/h3-5,11H,6H2,1-2H3,(H,12,13). The maximum Gasteiger partial charge on any atom is 0.335 e. The van der Waals surface area contributed by atoms with Crippen molar-refractivity contribution in [2.45, 2.75) is 6.54 Å². The van der Waals surface area contributed by atoms with E-state index in [0.717, 1.165) is 5.56 Å². The van der Waals surface area contributed by atoms with Crippen LogP contribution in [0.25, 0.3) is 0 Å². The van der Waals surface area contributed by atoms with E-state index in [1.807, 2.05) is 6.07 Å². The summed E-state index contributed by atoms with van der Waals surface area (Å²) in [6.45, 7) is 0.622. The minimum Gasteiger partial charge on any atom is -0.497 e. The van der Waals surface area contributed by atoms with Crippen LogP contribution in [0.5, 0.6) is 5.75 Å². The normalized spacial score (nSPS) is 9.86. The summed E-state index contributed by atoms with van der Waals surface area (Å²) in [5, 5.41) is 11.8. The molecule has 0 saturated heterocycles. The lowest BCUT2D eigenvalue weighted by molar-refractivity contribution is 0.0696. The number of ether oxygens (including phenoxy) is 1. The molecule has 0 spiro atoms. The number of methoxy groups -OCH3 is 1. The van der Waals surface area contributed by atoms with Crippen molar-refractivity contribution in [2.75, 3.05) is 14.2 Å². The fourth-order valence-corrected chi connectivity index (χ4v) is 1.21. The van der Waals surface area contributed by atoms with E-state index in [0.29, 0.717) is 12.3 Å². The summed E-state index contributed by atoms with van der Waals surface area (Å²) in [5.41, 5.74) is 1.14. The van der Waals surface area contributed by atoms with Crippen molar-refractivity contribution in [1.29, 1.82) is 0 Å². The largest absolute Gasteiger partial charge is 0.497 e. The van der Waals surface area contributed by atoms with Gasteiger partial charge in [-0.3, -0.25) is 0 Å². The van der Waals surface area contributed by atoms with Gasteiger partial charge in [0, 0.05) is 6.54 Å². The number of nitrogens with one attached hydrogen (secondary N) is 1. The lowest BCUT2D eigenvalue weighted by Gasteiger charge is -2.06. The number of rotatable bonds is 4. The van der Waals surface area contributed by atoms with Gasteiger partial charge >= 0.3 is 5.97 Å². The zero-order valence-corrected chi connectivity index (χ0v) is 8.20. The Balaban J connectivity index is 3.06. The van der Waals surface area contributed by atoms with Crippen molar-refractivity contribution in [3.8, 4) is 5.75 Å². The van der Waals surface area contributed by atoms with E-state index in [1.54, 1.807) is 13.1 Å². The molecule has 0 fully saturated rings. The molecule has 0 radical (unpaired) electrons. The summed E-state index contributed by atoms with van der Waals surface area (Å²) in [5.74, 6) is -0.378. The van der Waals surface area contributed by atoms with E-state index < -0.39 is 5.97 Å². The van der Waals surface area contributed by atoms with Crippen LogP contribution >= 0.6 is 0 Å². The Kier molecular flexibility index (Phi) is 3.48. The summed E-state index contributed by atoms with van der Waals surface area (Å²) in [6.07, 6.45) is 0. The molecule has 0 aliphatic carbocycles. The second kappa shape index (κ2) is 4.62. The quantitative estimate of drug-likeness (QED) is 0.755. The third-order valence-electron chi connectivity index (χ3n) is 1.83. The molecule has 0 aliphatic heterocycles. The molecular weight excluding hydrogens is 182 g/mol. The molecule has 76 valence electrons. The van der Waals surface area contributed by atoms with Gasteiger partial charge in [-0.25, -0.2) is 4.79 Å². The Morgan fingerprint density at radius 3 is 2.71 bits per heavy atom. The van der Waals surface area contributed by atoms with Crippen LogP contribution in [-0.2, 0) is 6.54 Å². The second-order valence-corrected chi connectivity index (χ2v) is 2.91. The predicted octanol–water partition coefficient (Wildman–Crippen LogP) is 1.11. The van der Waals surface area contributed by atoms with E-state index >= 15 is 0 Å². The zero-order chi connectivity index (χ0) is 10.6. The zero-order valence-electron chi connectivity index (χ0n) is 8.20. The first-order valence-corrected chi connectivity index (χ1v) is 4.23. The van der Waals surface area contributed by atoms with E-state index in [2.05, 4.69) is 5.32 Å². The number of aromatic carboxylic acids is 1. The average Bonchev–Trinajstić information content (AvgIpc) is 2.17. The number of benzene rings is 1. The SMILES string of the molecule is CNCc1cc(OC)cc(C(=O)O)c1. The third-order valence-corrected chi connectivity index (χ3v) is 1.83. The van der Waals surface area contributed by atoms with Crippen LogP contribution in [0.1, 0.15) is 15.9 Å². The molecule has 0 saturated carbocycles. The van der Waals surface area contributed by atoms with Gasteiger partial charge in [0.2, 0.25) is 0 Å². The van der Waals surface area contributed by atoms with Crippen LogP contribution in [0, 0.1) is 0 Å². The summed E-state index contributed by atoms with van der Waals surface area (Å²) in [7, 11) is 3.32. The third kappa shape index (κ3) is 2.47. The molecule has 0 aliphatic rings. The Labute approximate surface area is 82.5 Å². The summed E-state index contributed by atoms with van der Waals surface area (Å²) < 4.78 is 5.00. The molecule has 1 aromatic rings. The lowest BCUT2D eigenvalue weighted by Crippen LogP contribution is -2.07. The van der Waals surface area contributed by atoms with Gasteiger partial charge in [0.05, 0.1) is 12.7 Å². The van der Waals surface area contributed by atoms with Crippen LogP contribution in [0.2, 0.25) is 0 Å². The molecule has 0 aromatic heterocycles. The first-order chi connectivity index (χ1) is 6.67. The highest BCUT2D eigenvalue weighted by Gasteiger charge is 2.06. The van der Waals surface area contributed by atoms with Gasteiger partial charge in [0.1, 0.15) is 5.75 Å². The van der Waals surface area contributed by atoms with Crippen molar-refractivity contribution in [1.82, 2.24) is 5.32 Å². The summed E-state index contributed by atoms with van der Waals surface area (Å²) in [4.78, 5) is 10.7. The van der Waals surface area contributed by atoms with Gasteiger partial charge in [-0.05, 0) is 30.8 Å². The number of hydrogen-bond acceptors (Lipinski definition) is 3. The first-order valence-electron chi connectivity index (χ1n) is 4.23. The molecule has 4 nitrogen and oxygen atoms in total. The number of carboxylic acids is 1. The molecular formula is C10H13NO3. The monoisotopic (exact) mass is 195 g/mol. The molecule has 0 amide bonds. The average molecular weight is 195 g/mol. The minimum atomic E-state index is -0.943. The van der Waals surface area contributed by atoms with Gasteiger partial charge in [-0.2, -0.15) is 0 Å². The maximum atomic E-state index is 10.7. The molecule has 1 aromatic carbocycles. The minimum absolute atomic E-state index is 0.245. The fourth-order valence-electron chi connectivity index (χ4n) is 1.21. The van der Waals surface area contributed by atoms with Crippen molar-refractivity contribution < 1.29 is 14.6 Å². The lowest BCUT2D eigenvalue weighted by atomic mass is 10.1. The molecule has 0 bridgehead atoms. The predicted molar refractivity (Wildman–Crippen MR) is 52.7 cm³/mol. The van der Waals surface area contributed by atoms with E-state index in [9.17, 15) is 4.79 Å². The highest BCUT2D eigenvalue weighted by molar-refractivity contribution is 5.88. The number of carboxylic acid groups (broad SMARTS) is 1. The maximum absolute atomic E-state index is 10.7. The Bertz CT molecular complexity index is 336. The van der Waals surface area contributed by atoms with E-state index in [4.69, 9.17) is 9.84 Å². The highest BCUT2D eigenvalue weighted by atomic mass is 16.5. The Hall–Kier alpha value is -1.55. The van der Waals surface area contributed by atoms with E-state index in [1.165, 1.54) is 13.2 Å². The van der Waals surface area contributed by atoms with Crippen molar-refractivity contribution in [2.24, 2.45) is 0 Å². The van der Waals surface area contributed by atoms with E-state index in [-0.39, 0.29) is 5.56 Å². The van der Waals surface area contributed by atoms with Crippen LogP contribution in [-0.4, -0.2) is 25.2 Å². The summed E-state index contributed by atoms with van der Waals surface area (Å²) in [6, 6.07) is 4.94. The van der Waals surface area contributed by atoms with Gasteiger partial charge in [0.25, 0.3) is 0 Å². The number of carbonyl (C=O) groups is 1. The molecule has 0 unspecified atom stereocenters. The fraction of sp³-hybridized carbons (Fsp3) is 0.300. The topological polar surface area (TPSA) is 58.6 Å². The van der Waals surface area contributed by atoms with Crippen LogP contribution in [0.15, 0.2) is 18.2 Å². The summed E-state index contributed by atoms with van der Waals surface area (Å²) >= 11 is 0. The van der Waals surface area contributed by atoms with Gasteiger partial charge < -0.3 is 15.2 Å². The van der Waals surface area contributed by atoms with Gasteiger partial charge in [-0.1, -0.05) is 0 Å². The smallest absolute Gasteiger partial charge is 0.335 e. The highest BCUT2D eigenvalue weighted by Crippen LogP contribution is 2.16. The molecule has 2 N–H and O–H groups in total. The molecule has 14 heavy (non-hydrogen) atoms. The molecule has 0 atom stereocenters. The molecule has 0 heterocycles. The van der Waals surface area contributed by atoms with Crippen LogP contribution in [0.3, 0.4) is 0 Å². The first kappa shape index (κ1) is 10.5. The van der Waals surface area contributed by atoms with Crippen molar-refractivity contribution in [3.63, 3.8) is 0 Å². The number of hydrogen-bond donors (Lipinski definition) is 2. The van der Waals surface area contributed by atoms with Crippen LogP contribution < -0.4 is 10.1 Å². The van der Waals surface area contributed by atoms with Gasteiger partial charge in [-0.15, -0.1) is 0 Å². The van der Waals surface area contributed by atoms with Crippen molar-refractivity contribution >= 4 is 5.97 Å². The molecule has 4 heteroatoms. The Morgan fingerprint density at radius 2 is 2.21 bits per heavy atom. The van der Waals surface area contributed by atoms with Gasteiger partial charge in [0.15, 0.2) is 0 Å². The Morgan fingerprint density at radius 1 is 1.50 bits per heavy atom. The van der Waals surface area contributed by atoms with Crippen LogP contribution in [0.4, 0.5) is 0 Å². The second-order valence-electron chi connectivity index (χ2n) is 2.91. The van der Waals surface area contributed by atoms with Crippen molar-refractivity contribution in [3.05, 3.63) is 29.3 Å².